The van der Waals surface area contributed by atoms with Crippen LogP contribution in [0.5, 0.6) is 0 Å². The fraction of sp³-hybridized carbons (Fsp3) is 0.263. The molecule has 0 spiro atoms. The van der Waals surface area contributed by atoms with Gasteiger partial charge in [0.1, 0.15) is 0 Å². The minimum absolute atomic E-state index is 0.533. The van der Waals surface area contributed by atoms with Crippen molar-refractivity contribution in [3.05, 3.63) is 78.4 Å². The van der Waals surface area contributed by atoms with Crippen molar-refractivity contribution < 1.29 is 0 Å². The average Bonchev–Trinajstić information content (AvgIpc) is 3.12. The van der Waals surface area contributed by atoms with Gasteiger partial charge in [-0.1, -0.05) is 66.3 Å². The molecule has 20 heavy (non-hydrogen) atoms. The lowest BCUT2D eigenvalue weighted by Gasteiger charge is -2.28. The molecule has 1 aromatic rings. The fourth-order valence-electron chi connectivity index (χ4n) is 2.75. The summed E-state index contributed by atoms with van der Waals surface area (Å²) >= 11 is 0. The molecule has 1 heteroatoms. The van der Waals surface area contributed by atoms with Crippen LogP contribution in [0.25, 0.3) is 0 Å². The summed E-state index contributed by atoms with van der Waals surface area (Å²) in [6, 6.07) is 8.87. The van der Waals surface area contributed by atoms with E-state index in [1.54, 1.807) is 0 Å². The van der Waals surface area contributed by atoms with Crippen molar-refractivity contribution in [1.82, 2.24) is 0 Å². The number of allylic oxidation sites excluding steroid dienone is 4. The summed E-state index contributed by atoms with van der Waals surface area (Å²) in [6.07, 6.45) is 17.7. The van der Waals surface area contributed by atoms with E-state index in [1.165, 1.54) is 11.3 Å². The molecule has 0 bridgehead atoms. The highest BCUT2D eigenvalue weighted by Gasteiger charge is 2.15. The maximum atomic E-state index is 2.49. The van der Waals surface area contributed by atoms with Crippen LogP contribution in [0.1, 0.15) is 5.56 Å². The zero-order valence-corrected chi connectivity index (χ0v) is 11.9. The smallest absolute Gasteiger partial charge is 0.0366 e. The number of hydrogen-bond donors (Lipinski definition) is 0. The molecule has 3 rings (SSSR count). The second-order valence-corrected chi connectivity index (χ2v) is 5.61. The van der Waals surface area contributed by atoms with Crippen LogP contribution in [0.3, 0.4) is 0 Å². The quantitative estimate of drug-likeness (QED) is 0.766. The maximum absolute atomic E-state index is 2.49. The zero-order valence-electron chi connectivity index (χ0n) is 11.9. The molecule has 0 saturated carbocycles. The van der Waals surface area contributed by atoms with Crippen LogP contribution < -0.4 is 4.90 Å². The van der Waals surface area contributed by atoms with Crippen LogP contribution >= 0.6 is 0 Å². The minimum atomic E-state index is 0.533. The van der Waals surface area contributed by atoms with Crippen molar-refractivity contribution >= 4 is 5.69 Å². The van der Waals surface area contributed by atoms with Gasteiger partial charge in [0.25, 0.3) is 0 Å². The lowest BCUT2D eigenvalue weighted by Crippen LogP contribution is -2.31. The third-order valence-electron chi connectivity index (χ3n) is 3.92. The van der Waals surface area contributed by atoms with E-state index in [2.05, 4.69) is 84.7 Å². The Bertz CT molecular complexity index is 506. The van der Waals surface area contributed by atoms with Crippen molar-refractivity contribution in [3.63, 3.8) is 0 Å². The molecule has 0 saturated heterocycles. The second kappa shape index (κ2) is 5.96. The number of benzene rings is 1. The lowest BCUT2D eigenvalue weighted by molar-refractivity contribution is 0.669. The van der Waals surface area contributed by atoms with E-state index < -0.39 is 0 Å². The first-order valence-electron chi connectivity index (χ1n) is 7.33. The van der Waals surface area contributed by atoms with Crippen molar-refractivity contribution in [3.8, 4) is 0 Å². The van der Waals surface area contributed by atoms with Crippen LogP contribution in [0.15, 0.2) is 72.9 Å². The van der Waals surface area contributed by atoms with E-state index in [-0.39, 0.29) is 0 Å². The van der Waals surface area contributed by atoms with Gasteiger partial charge in [0.05, 0.1) is 0 Å². The molecule has 2 aliphatic rings. The Morgan fingerprint density at radius 2 is 1.20 bits per heavy atom. The number of nitrogens with zero attached hydrogens (tertiary/aromatic N) is 1. The van der Waals surface area contributed by atoms with Gasteiger partial charge in [0.2, 0.25) is 0 Å². The molecule has 1 aromatic carbocycles. The molecule has 0 fully saturated rings. The molecule has 0 unspecified atom stereocenters. The predicted molar refractivity (Wildman–Crippen MR) is 86.9 cm³/mol. The summed E-state index contributed by atoms with van der Waals surface area (Å²) in [4.78, 5) is 2.49. The summed E-state index contributed by atoms with van der Waals surface area (Å²) in [5, 5.41) is 0. The van der Waals surface area contributed by atoms with E-state index in [0.29, 0.717) is 11.8 Å². The number of anilines is 1. The second-order valence-electron chi connectivity index (χ2n) is 5.61. The van der Waals surface area contributed by atoms with Crippen molar-refractivity contribution in [2.45, 2.75) is 6.92 Å². The fourth-order valence-corrected chi connectivity index (χ4v) is 2.75. The van der Waals surface area contributed by atoms with E-state index in [9.17, 15) is 0 Å². The molecule has 0 aliphatic heterocycles. The number of hydrogen-bond acceptors (Lipinski definition) is 1. The van der Waals surface area contributed by atoms with Gasteiger partial charge in [-0.05, 0) is 19.1 Å². The normalized spacial score (nSPS) is 17.4. The molecular formula is C19H21N. The van der Waals surface area contributed by atoms with Crippen LogP contribution in [0, 0.1) is 18.8 Å². The first kappa shape index (κ1) is 13.0. The van der Waals surface area contributed by atoms with Crippen molar-refractivity contribution in [2.75, 3.05) is 18.0 Å². The molecular weight excluding hydrogens is 242 g/mol. The van der Waals surface area contributed by atoms with Gasteiger partial charge in [-0.15, -0.1) is 0 Å². The SMILES string of the molecule is Cc1ccc(N(CC2C=CC=C2)CC2C=CC=C2)cc1. The maximum Gasteiger partial charge on any atom is 0.0366 e. The molecule has 0 aromatic heterocycles. The molecule has 1 nitrogen and oxygen atoms in total. The Morgan fingerprint density at radius 3 is 1.65 bits per heavy atom. The van der Waals surface area contributed by atoms with Crippen molar-refractivity contribution in [1.29, 1.82) is 0 Å². The Labute approximate surface area is 121 Å². The Morgan fingerprint density at radius 1 is 0.750 bits per heavy atom. The van der Waals surface area contributed by atoms with Crippen LogP contribution in [-0.2, 0) is 0 Å². The Kier molecular flexibility index (Phi) is 3.87. The predicted octanol–water partition coefficient (Wildman–Crippen LogP) is 4.29. The van der Waals surface area contributed by atoms with Gasteiger partial charge < -0.3 is 4.90 Å². The Balaban J connectivity index is 1.76. The highest BCUT2D eigenvalue weighted by atomic mass is 15.1. The third-order valence-corrected chi connectivity index (χ3v) is 3.92. The van der Waals surface area contributed by atoms with E-state index in [0.717, 1.165) is 13.1 Å². The standard InChI is InChI=1S/C19H21N/c1-16-10-12-19(13-11-16)20(14-17-6-2-3-7-17)15-18-8-4-5-9-18/h2-13,17-18H,14-15H2,1H3. The molecule has 0 N–H and O–H groups in total. The summed E-state index contributed by atoms with van der Waals surface area (Å²) < 4.78 is 0. The highest BCUT2D eigenvalue weighted by Crippen LogP contribution is 2.22. The number of rotatable bonds is 5. The molecule has 0 amide bonds. The van der Waals surface area contributed by atoms with Gasteiger partial charge >= 0.3 is 0 Å². The molecule has 2 aliphatic carbocycles. The molecule has 0 heterocycles. The monoisotopic (exact) mass is 263 g/mol. The molecule has 0 radical (unpaired) electrons. The number of aryl methyl sites for hydroxylation is 1. The topological polar surface area (TPSA) is 3.24 Å². The summed E-state index contributed by atoms with van der Waals surface area (Å²) in [5.41, 5.74) is 2.63. The van der Waals surface area contributed by atoms with Gasteiger partial charge in [0.15, 0.2) is 0 Å². The van der Waals surface area contributed by atoms with Gasteiger partial charge in [-0.25, -0.2) is 0 Å². The minimum Gasteiger partial charge on any atom is -0.370 e. The Hall–Kier alpha value is -2.02. The van der Waals surface area contributed by atoms with Gasteiger partial charge in [0, 0.05) is 30.6 Å². The van der Waals surface area contributed by atoms with Gasteiger partial charge in [-0.2, -0.15) is 0 Å². The highest BCUT2D eigenvalue weighted by molar-refractivity contribution is 5.48. The zero-order chi connectivity index (χ0) is 13.8. The first-order chi connectivity index (χ1) is 9.81. The van der Waals surface area contributed by atoms with Crippen LogP contribution in [-0.4, -0.2) is 13.1 Å². The average molecular weight is 263 g/mol. The van der Waals surface area contributed by atoms with Crippen LogP contribution in [0.2, 0.25) is 0 Å². The summed E-state index contributed by atoms with van der Waals surface area (Å²) in [6.45, 7) is 4.24. The third kappa shape index (κ3) is 3.11. The van der Waals surface area contributed by atoms with Crippen molar-refractivity contribution in [2.24, 2.45) is 11.8 Å². The molecule has 102 valence electrons. The summed E-state index contributed by atoms with van der Waals surface area (Å²) in [7, 11) is 0. The largest absolute Gasteiger partial charge is 0.370 e. The first-order valence-corrected chi connectivity index (χ1v) is 7.33. The lowest BCUT2D eigenvalue weighted by atomic mass is 10.1. The van der Waals surface area contributed by atoms with Gasteiger partial charge in [-0.3, -0.25) is 0 Å². The molecule has 0 atom stereocenters. The van der Waals surface area contributed by atoms with Crippen LogP contribution in [0.4, 0.5) is 5.69 Å². The van der Waals surface area contributed by atoms with E-state index in [1.807, 2.05) is 0 Å². The summed E-state index contributed by atoms with van der Waals surface area (Å²) in [5.74, 6) is 1.07. The van der Waals surface area contributed by atoms with E-state index in [4.69, 9.17) is 0 Å². The van der Waals surface area contributed by atoms with E-state index >= 15 is 0 Å².